The fourth-order valence-corrected chi connectivity index (χ4v) is 2.73. The molecule has 0 heterocycles. The third kappa shape index (κ3) is 3.11. The highest BCUT2D eigenvalue weighted by molar-refractivity contribution is 9.10. The molecule has 0 aliphatic carbocycles. The molecule has 2 aromatic carbocycles. The number of hydrogen-bond acceptors (Lipinski definition) is 1. The smallest absolute Gasteiger partial charge is 0.381 e. The first kappa shape index (κ1) is 16.0. The molecule has 1 atom stereocenters. The number of rotatable bonds is 2. The molecule has 0 fully saturated rings. The largest absolute Gasteiger partial charge is 0.419 e. The van der Waals surface area contributed by atoms with E-state index in [0.29, 0.717) is 22.2 Å². The van der Waals surface area contributed by atoms with Crippen LogP contribution in [0.1, 0.15) is 23.6 Å². The lowest BCUT2D eigenvalue weighted by molar-refractivity contribution is -0.140. The van der Waals surface area contributed by atoms with Crippen molar-refractivity contribution in [3.8, 4) is 0 Å². The molecule has 0 aromatic heterocycles. The van der Waals surface area contributed by atoms with Crippen LogP contribution in [0, 0.1) is 5.82 Å². The molecule has 2 aromatic rings. The lowest BCUT2D eigenvalue weighted by Gasteiger charge is -2.26. The number of alkyl halides is 3. The minimum absolute atomic E-state index is 0.0416. The quantitative estimate of drug-likeness (QED) is 0.756. The molecule has 112 valence electrons. The van der Waals surface area contributed by atoms with E-state index >= 15 is 0 Å². The van der Waals surface area contributed by atoms with Crippen molar-refractivity contribution < 1.29 is 22.7 Å². The second kappa shape index (κ2) is 5.42. The molecule has 6 heteroatoms. The minimum atomic E-state index is -4.76. The SMILES string of the molecule is CC(O)(c1ccc(C(F)(F)F)c(F)c1)c1ccccc1Br. The molecule has 0 bridgehead atoms. The van der Waals surface area contributed by atoms with Gasteiger partial charge in [-0.1, -0.05) is 40.2 Å². The molecule has 1 unspecified atom stereocenters. The molecule has 0 spiro atoms. The van der Waals surface area contributed by atoms with Gasteiger partial charge in [-0.2, -0.15) is 13.2 Å². The third-order valence-electron chi connectivity index (χ3n) is 3.23. The van der Waals surface area contributed by atoms with Crippen LogP contribution in [0.2, 0.25) is 0 Å². The van der Waals surface area contributed by atoms with Crippen LogP contribution in [0.4, 0.5) is 17.6 Å². The Labute approximate surface area is 127 Å². The predicted molar refractivity (Wildman–Crippen MR) is 74.2 cm³/mol. The van der Waals surface area contributed by atoms with Crippen molar-refractivity contribution in [2.75, 3.05) is 0 Å². The summed E-state index contributed by atoms with van der Waals surface area (Å²) in [6.45, 7) is 1.40. The van der Waals surface area contributed by atoms with Gasteiger partial charge >= 0.3 is 6.18 Å². The third-order valence-corrected chi connectivity index (χ3v) is 3.93. The maximum Gasteiger partial charge on any atom is 0.419 e. The molecular weight excluding hydrogens is 352 g/mol. The van der Waals surface area contributed by atoms with Gasteiger partial charge in [0, 0.05) is 10.0 Å². The van der Waals surface area contributed by atoms with Crippen molar-refractivity contribution in [3.63, 3.8) is 0 Å². The van der Waals surface area contributed by atoms with Gasteiger partial charge in [0.25, 0.3) is 0 Å². The summed E-state index contributed by atoms with van der Waals surface area (Å²) in [4.78, 5) is 0. The molecule has 2 rings (SSSR count). The summed E-state index contributed by atoms with van der Waals surface area (Å²) < 4.78 is 51.9. The van der Waals surface area contributed by atoms with Crippen LogP contribution in [0.25, 0.3) is 0 Å². The summed E-state index contributed by atoms with van der Waals surface area (Å²) in [5.41, 5.74) is -2.50. The average molecular weight is 363 g/mol. The van der Waals surface area contributed by atoms with E-state index in [2.05, 4.69) is 15.9 Å². The summed E-state index contributed by atoms with van der Waals surface area (Å²) in [5, 5.41) is 10.6. The Morgan fingerprint density at radius 2 is 1.62 bits per heavy atom. The molecule has 0 saturated carbocycles. The Kier molecular flexibility index (Phi) is 4.13. The summed E-state index contributed by atoms with van der Waals surface area (Å²) in [6, 6.07) is 9.12. The van der Waals surface area contributed by atoms with Gasteiger partial charge in [-0.15, -0.1) is 0 Å². The van der Waals surface area contributed by atoms with E-state index in [-0.39, 0.29) is 5.56 Å². The lowest BCUT2D eigenvalue weighted by atomic mass is 9.87. The van der Waals surface area contributed by atoms with Crippen molar-refractivity contribution in [2.45, 2.75) is 18.7 Å². The molecule has 1 nitrogen and oxygen atoms in total. The Morgan fingerprint density at radius 1 is 1.00 bits per heavy atom. The van der Waals surface area contributed by atoms with E-state index in [1.165, 1.54) is 6.92 Å². The van der Waals surface area contributed by atoms with E-state index in [0.717, 1.165) is 6.07 Å². The van der Waals surface area contributed by atoms with E-state index in [4.69, 9.17) is 0 Å². The first-order valence-electron chi connectivity index (χ1n) is 5.98. The van der Waals surface area contributed by atoms with Gasteiger partial charge in [-0.3, -0.25) is 0 Å². The molecule has 21 heavy (non-hydrogen) atoms. The van der Waals surface area contributed by atoms with Crippen molar-refractivity contribution >= 4 is 15.9 Å². The number of halogens is 5. The fourth-order valence-electron chi connectivity index (χ4n) is 2.06. The van der Waals surface area contributed by atoms with Crippen molar-refractivity contribution in [3.05, 3.63) is 69.4 Å². The van der Waals surface area contributed by atoms with Crippen molar-refractivity contribution in [1.82, 2.24) is 0 Å². The van der Waals surface area contributed by atoms with Gasteiger partial charge in [0.15, 0.2) is 0 Å². The van der Waals surface area contributed by atoms with Crippen LogP contribution in [0.5, 0.6) is 0 Å². The highest BCUT2D eigenvalue weighted by Gasteiger charge is 2.36. The molecule has 0 amide bonds. The second-order valence-electron chi connectivity index (χ2n) is 4.74. The highest BCUT2D eigenvalue weighted by Crippen LogP contribution is 2.37. The Hall–Kier alpha value is -1.40. The average Bonchev–Trinajstić information content (AvgIpc) is 2.37. The van der Waals surface area contributed by atoms with E-state index in [1.54, 1.807) is 24.3 Å². The molecule has 1 N–H and O–H groups in total. The Morgan fingerprint density at radius 3 is 2.14 bits per heavy atom. The van der Waals surface area contributed by atoms with Gasteiger partial charge in [0.1, 0.15) is 11.4 Å². The monoisotopic (exact) mass is 362 g/mol. The summed E-state index contributed by atoms with van der Waals surface area (Å²) >= 11 is 3.26. The van der Waals surface area contributed by atoms with E-state index in [1.807, 2.05) is 0 Å². The lowest BCUT2D eigenvalue weighted by Crippen LogP contribution is -2.24. The number of hydrogen-bond donors (Lipinski definition) is 1. The fraction of sp³-hybridized carbons (Fsp3) is 0.200. The first-order valence-corrected chi connectivity index (χ1v) is 6.78. The van der Waals surface area contributed by atoms with Crippen LogP contribution >= 0.6 is 15.9 Å². The van der Waals surface area contributed by atoms with Crippen LogP contribution < -0.4 is 0 Å². The summed E-state index contributed by atoms with van der Waals surface area (Å²) in [7, 11) is 0. The Bertz CT molecular complexity index is 665. The van der Waals surface area contributed by atoms with Crippen LogP contribution in [0.15, 0.2) is 46.9 Å². The highest BCUT2D eigenvalue weighted by atomic mass is 79.9. The van der Waals surface area contributed by atoms with E-state index in [9.17, 15) is 22.7 Å². The molecular formula is C15H11BrF4O. The zero-order chi connectivity index (χ0) is 15.8. The number of aliphatic hydroxyl groups is 1. The normalized spacial score (nSPS) is 14.8. The van der Waals surface area contributed by atoms with Gasteiger partial charge in [0.05, 0.1) is 5.56 Å². The van der Waals surface area contributed by atoms with Gasteiger partial charge in [-0.25, -0.2) is 4.39 Å². The predicted octanol–water partition coefficient (Wildman–Crippen LogP) is 4.86. The molecule has 0 aliphatic heterocycles. The maximum absolute atomic E-state index is 13.6. The van der Waals surface area contributed by atoms with Gasteiger partial charge < -0.3 is 5.11 Å². The van der Waals surface area contributed by atoms with Gasteiger partial charge in [-0.05, 0) is 30.7 Å². The van der Waals surface area contributed by atoms with E-state index < -0.39 is 23.2 Å². The topological polar surface area (TPSA) is 20.2 Å². The van der Waals surface area contributed by atoms with Crippen molar-refractivity contribution in [1.29, 1.82) is 0 Å². The maximum atomic E-state index is 13.6. The van der Waals surface area contributed by atoms with Crippen LogP contribution in [-0.4, -0.2) is 5.11 Å². The Balaban J connectivity index is 2.52. The zero-order valence-corrected chi connectivity index (χ0v) is 12.5. The van der Waals surface area contributed by atoms with Crippen LogP contribution in [-0.2, 0) is 11.8 Å². The molecule has 0 aliphatic rings. The number of benzene rings is 2. The minimum Gasteiger partial charge on any atom is -0.381 e. The van der Waals surface area contributed by atoms with Gasteiger partial charge in [0.2, 0.25) is 0 Å². The summed E-state index contributed by atoms with van der Waals surface area (Å²) in [5.74, 6) is -1.41. The van der Waals surface area contributed by atoms with Crippen molar-refractivity contribution in [2.24, 2.45) is 0 Å². The molecule has 0 saturated heterocycles. The first-order chi connectivity index (χ1) is 9.64. The molecule has 0 radical (unpaired) electrons. The second-order valence-corrected chi connectivity index (χ2v) is 5.60. The standard InChI is InChI=1S/C15H11BrF4O/c1-14(21,10-4-2-3-5-12(10)16)9-6-7-11(13(17)8-9)15(18,19)20/h2-8,21H,1H3. The summed E-state index contributed by atoms with van der Waals surface area (Å²) in [6.07, 6.45) is -4.76. The van der Waals surface area contributed by atoms with Crippen LogP contribution in [0.3, 0.4) is 0 Å². The zero-order valence-electron chi connectivity index (χ0n) is 10.9.